The minimum Gasteiger partial charge on any atom is -0.310 e. The standard InChI is InChI=1S/C30H39N3O3S/c1-33(27-16-17-29(35)32-30(27)36)20-26-24(21-34)8-5-11-28(26)37-18-6-7-22-12-14-23(15-13-22)19-31-25-9-3-2-4-10-25/h5,8,11-15,21,25,27,31H,2-4,6-7,9-10,16-20H2,1H3,(H,32,35,36). The monoisotopic (exact) mass is 521 g/mol. The van der Waals surface area contributed by atoms with Crippen molar-refractivity contribution < 1.29 is 14.4 Å². The molecule has 198 valence electrons. The normalized spacial score (nSPS) is 18.7. The molecule has 4 rings (SSSR count). The van der Waals surface area contributed by atoms with Crippen LogP contribution in [0.4, 0.5) is 0 Å². The molecule has 1 aliphatic carbocycles. The van der Waals surface area contributed by atoms with Crippen LogP contribution in [0.1, 0.15) is 78.4 Å². The van der Waals surface area contributed by atoms with Crippen molar-refractivity contribution in [3.63, 3.8) is 0 Å². The number of rotatable bonds is 12. The van der Waals surface area contributed by atoms with E-state index in [-0.39, 0.29) is 17.9 Å². The minimum absolute atomic E-state index is 0.218. The number of likely N-dealkylation sites (N-methyl/N-ethyl adjacent to an activating group) is 1. The second kappa shape index (κ2) is 13.9. The number of benzene rings is 2. The molecule has 7 heteroatoms. The first-order chi connectivity index (χ1) is 18.0. The van der Waals surface area contributed by atoms with E-state index >= 15 is 0 Å². The number of nitrogens with one attached hydrogen (secondary N) is 2. The maximum absolute atomic E-state index is 12.3. The molecule has 6 nitrogen and oxygen atoms in total. The molecule has 1 unspecified atom stereocenters. The molecule has 1 atom stereocenters. The van der Waals surface area contributed by atoms with E-state index in [1.165, 1.54) is 43.2 Å². The first-order valence-corrected chi connectivity index (χ1v) is 14.6. The van der Waals surface area contributed by atoms with Crippen molar-refractivity contribution in [1.29, 1.82) is 0 Å². The number of carbonyl (C=O) groups excluding carboxylic acids is 3. The van der Waals surface area contributed by atoms with Crippen LogP contribution < -0.4 is 10.6 Å². The number of thioether (sulfide) groups is 1. The highest BCUT2D eigenvalue weighted by Crippen LogP contribution is 2.28. The highest BCUT2D eigenvalue weighted by molar-refractivity contribution is 7.99. The third kappa shape index (κ3) is 8.00. The molecule has 2 aromatic rings. The Hall–Kier alpha value is -2.48. The number of amides is 2. The van der Waals surface area contributed by atoms with Gasteiger partial charge < -0.3 is 5.32 Å². The summed E-state index contributed by atoms with van der Waals surface area (Å²) in [6.45, 7) is 1.43. The van der Waals surface area contributed by atoms with Gasteiger partial charge in [0.2, 0.25) is 11.8 Å². The molecule has 2 fully saturated rings. The number of piperidine rings is 1. The summed E-state index contributed by atoms with van der Waals surface area (Å²) in [5.41, 5.74) is 4.30. The zero-order valence-electron chi connectivity index (χ0n) is 21.8. The minimum atomic E-state index is -0.365. The molecule has 2 aliphatic rings. The van der Waals surface area contributed by atoms with Crippen molar-refractivity contribution in [2.45, 2.75) is 87.9 Å². The Bertz CT molecular complexity index is 1070. The zero-order valence-corrected chi connectivity index (χ0v) is 22.7. The van der Waals surface area contributed by atoms with Crippen LogP contribution in [0.3, 0.4) is 0 Å². The molecule has 37 heavy (non-hydrogen) atoms. The molecule has 1 saturated heterocycles. The van der Waals surface area contributed by atoms with Crippen LogP contribution in [0.15, 0.2) is 47.4 Å². The maximum Gasteiger partial charge on any atom is 0.243 e. The van der Waals surface area contributed by atoms with Gasteiger partial charge in [0.15, 0.2) is 0 Å². The van der Waals surface area contributed by atoms with Crippen LogP contribution in [0.5, 0.6) is 0 Å². The Morgan fingerprint density at radius 1 is 1.03 bits per heavy atom. The van der Waals surface area contributed by atoms with E-state index in [2.05, 4.69) is 41.0 Å². The second-order valence-electron chi connectivity index (χ2n) is 10.3. The van der Waals surface area contributed by atoms with Gasteiger partial charge in [0.25, 0.3) is 0 Å². The van der Waals surface area contributed by atoms with Crippen LogP contribution in [-0.4, -0.2) is 47.9 Å². The van der Waals surface area contributed by atoms with E-state index in [0.29, 0.717) is 31.0 Å². The molecule has 2 N–H and O–H groups in total. The van der Waals surface area contributed by atoms with Gasteiger partial charge in [-0.3, -0.25) is 24.6 Å². The van der Waals surface area contributed by atoms with E-state index in [4.69, 9.17) is 0 Å². The van der Waals surface area contributed by atoms with Gasteiger partial charge >= 0.3 is 0 Å². The fraction of sp³-hybridized carbons (Fsp3) is 0.500. The summed E-state index contributed by atoms with van der Waals surface area (Å²) in [5.74, 6) is 0.472. The molecule has 2 amide bonds. The molecule has 0 spiro atoms. The summed E-state index contributed by atoms with van der Waals surface area (Å²) in [7, 11) is 1.88. The number of carbonyl (C=O) groups is 3. The van der Waals surface area contributed by atoms with E-state index in [1.54, 1.807) is 11.8 Å². The SMILES string of the molecule is CN(Cc1c(C=O)cccc1SCCCc1ccc(CNC2CCCCC2)cc1)C1CCC(=O)NC1=O. The van der Waals surface area contributed by atoms with Gasteiger partial charge in [-0.15, -0.1) is 11.8 Å². The van der Waals surface area contributed by atoms with Gasteiger partial charge in [0, 0.05) is 36.0 Å². The molecule has 0 bridgehead atoms. The molecular formula is C30H39N3O3S. The number of hydrogen-bond acceptors (Lipinski definition) is 6. The van der Waals surface area contributed by atoms with E-state index in [0.717, 1.165) is 41.9 Å². The molecule has 1 aliphatic heterocycles. The summed E-state index contributed by atoms with van der Waals surface area (Å²) in [6, 6.07) is 15.1. The van der Waals surface area contributed by atoms with Crippen molar-refractivity contribution in [3.05, 3.63) is 64.7 Å². The second-order valence-corrected chi connectivity index (χ2v) is 11.4. The van der Waals surface area contributed by atoms with Crippen LogP contribution in [0.25, 0.3) is 0 Å². The smallest absolute Gasteiger partial charge is 0.243 e. The van der Waals surface area contributed by atoms with Crippen molar-refractivity contribution in [3.8, 4) is 0 Å². The Labute approximate surface area is 225 Å². The summed E-state index contributed by atoms with van der Waals surface area (Å²) in [5, 5.41) is 6.14. The maximum atomic E-state index is 12.3. The predicted molar refractivity (Wildman–Crippen MR) is 149 cm³/mol. The Kier molecular flexibility index (Phi) is 10.3. The highest BCUT2D eigenvalue weighted by atomic mass is 32.2. The zero-order chi connectivity index (χ0) is 26.0. The summed E-state index contributed by atoms with van der Waals surface area (Å²) in [6.07, 6.45) is 10.5. The number of aldehydes is 1. The lowest BCUT2D eigenvalue weighted by molar-refractivity contribution is -0.137. The molecule has 0 radical (unpaired) electrons. The third-order valence-electron chi connectivity index (χ3n) is 7.54. The summed E-state index contributed by atoms with van der Waals surface area (Å²) >= 11 is 1.76. The van der Waals surface area contributed by atoms with Crippen molar-refractivity contribution in [2.24, 2.45) is 0 Å². The van der Waals surface area contributed by atoms with Gasteiger partial charge in [-0.2, -0.15) is 0 Å². The lowest BCUT2D eigenvalue weighted by Crippen LogP contribution is -2.51. The quantitative estimate of drug-likeness (QED) is 0.179. The predicted octanol–water partition coefficient (Wildman–Crippen LogP) is 4.88. The van der Waals surface area contributed by atoms with Gasteiger partial charge in [0.1, 0.15) is 6.29 Å². The van der Waals surface area contributed by atoms with Crippen molar-refractivity contribution >= 4 is 29.9 Å². The van der Waals surface area contributed by atoms with E-state index in [1.807, 2.05) is 24.1 Å². The molecular weight excluding hydrogens is 482 g/mol. The topological polar surface area (TPSA) is 78.5 Å². The van der Waals surface area contributed by atoms with E-state index < -0.39 is 0 Å². The summed E-state index contributed by atoms with van der Waals surface area (Å²) < 4.78 is 0. The average molecular weight is 522 g/mol. The Morgan fingerprint density at radius 2 is 1.78 bits per heavy atom. The average Bonchev–Trinajstić information content (AvgIpc) is 2.91. The lowest BCUT2D eigenvalue weighted by atomic mass is 9.95. The number of imide groups is 1. The van der Waals surface area contributed by atoms with Gasteiger partial charge in [-0.1, -0.05) is 55.7 Å². The van der Waals surface area contributed by atoms with Gasteiger partial charge in [0.05, 0.1) is 6.04 Å². The lowest BCUT2D eigenvalue weighted by Gasteiger charge is -2.30. The van der Waals surface area contributed by atoms with Crippen LogP contribution in [0, 0.1) is 0 Å². The van der Waals surface area contributed by atoms with Crippen molar-refractivity contribution in [2.75, 3.05) is 12.8 Å². The van der Waals surface area contributed by atoms with Gasteiger partial charge in [-0.25, -0.2) is 0 Å². The van der Waals surface area contributed by atoms with E-state index in [9.17, 15) is 14.4 Å². The first kappa shape index (κ1) is 27.6. The molecule has 1 saturated carbocycles. The number of nitrogens with zero attached hydrogens (tertiary/aromatic N) is 1. The van der Waals surface area contributed by atoms with Crippen molar-refractivity contribution in [1.82, 2.24) is 15.5 Å². The molecule has 2 aromatic carbocycles. The fourth-order valence-corrected chi connectivity index (χ4v) is 6.35. The van der Waals surface area contributed by atoms with Crippen LogP contribution in [0.2, 0.25) is 0 Å². The number of aryl methyl sites for hydroxylation is 1. The largest absolute Gasteiger partial charge is 0.310 e. The fourth-order valence-electron chi connectivity index (χ4n) is 5.31. The van der Waals surface area contributed by atoms with Crippen LogP contribution in [-0.2, 0) is 29.1 Å². The first-order valence-electron chi connectivity index (χ1n) is 13.6. The van der Waals surface area contributed by atoms with Crippen LogP contribution >= 0.6 is 11.8 Å². The highest BCUT2D eigenvalue weighted by Gasteiger charge is 2.30. The number of hydrogen-bond donors (Lipinski definition) is 2. The molecule has 0 aromatic heterocycles. The third-order valence-corrected chi connectivity index (χ3v) is 8.72. The Balaban J connectivity index is 1.27. The Morgan fingerprint density at radius 3 is 2.51 bits per heavy atom. The van der Waals surface area contributed by atoms with Gasteiger partial charge in [-0.05, 0) is 67.7 Å². The molecule has 1 heterocycles. The summed E-state index contributed by atoms with van der Waals surface area (Å²) in [4.78, 5) is 38.6.